The number of hydrogen-bond acceptors (Lipinski definition) is 4. The Hall–Kier alpha value is -2.40. The Kier molecular flexibility index (Phi) is 4.40. The Balaban J connectivity index is 1.89. The maximum absolute atomic E-state index is 12.1. The number of ether oxygens (including phenoxy) is 1. The summed E-state index contributed by atoms with van der Waals surface area (Å²) in [6.07, 6.45) is 8.79. The Labute approximate surface area is 150 Å². The Morgan fingerprint density at radius 1 is 1.28 bits per heavy atom. The summed E-state index contributed by atoms with van der Waals surface area (Å²) in [6.45, 7) is 2.20. The van der Waals surface area contributed by atoms with E-state index in [4.69, 9.17) is 9.72 Å². The lowest BCUT2D eigenvalue weighted by Gasteiger charge is -2.14. The molecule has 2 heterocycles. The van der Waals surface area contributed by atoms with E-state index in [1.807, 2.05) is 31.3 Å². The van der Waals surface area contributed by atoms with Crippen molar-refractivity contribution in [2.24, 2.45) is 0 Å². The maximum atomic E-state index is 12.1. The van der Waals surface area contributed by atoms with E-state index in [0.717, 1.165) is 34.8 Å². The number of allylic oxidation sites excluding steroid dienone is 2. The number of nitrogens with zero attached hydrogens (tertiary/aromatic N) is 2. The highest BCUT2D eigenvalue weighted by molar-refractivity contribution is 7.18. The molecule has 0 spiro atoms. The third kappa shape index (κ3) is 3.00. The van der Waals surface area contributed by atoms with Gasteiger partial charge in [0.15, 0.2) is 4.96 Å². The molecule has 0 saturated carbocycles. The zero-order valence-electron chi connectivity index (χ0n) is 14.2. The summed E-state index contributed by atoms with van der Waals surface area (Å²) in [4.78, 5) is 18.4. The van der Waals surface area contributed by atoms with Crippen LogP contribution in [0.25, 0.3) is 21.8 Å². The summed E-state index contributed by atoms with van der Waals surface area (Å²) in [5.74, 6) is -0.275. The molecule has 0 atom stereocenters. The van der Waals surface area contributed by atoms with Crippen molar-refractivity contribution in [3.8, 4) is 11.3 Å². The third-order valence-electron chi connectivity index (χ3n) is 4.45. The van der Waals surface area contributed by atoms with Crippen LogP contribution in [0.5, 0.6) is 0 Å². The van der Waals surface area contributed by atoms with Crippen molar-refractivity contribution >= 4 is 27.8 Å². The van der Waals surface area contributed by atoms with Gasteiger partial charge in [-0.25, -0.2) is 9.78 Å². The van der Waals surface area contributed by atoms with Gasteiger partial charge >= 0.3 is 5.97 Å². The lowest BCUT2D eigenvalue weighted by atomic mass is 9.94. The van der Waals surface area contributed by atoms with E-state index >= 15 is 0 Å². The van der Waals surface area contributed by atoms with Crippen LogP contribution in [-0.2, 0) is 4.74 Å². The van der Waals surface area contributed by atoms with E-state index in [-0.39, 0.29) is 5.97 Å². The number of fused-ring (bicyclic) bond motifs is 1. The van der Waals surface area contributed by atoms with Crippen LogP contribution in [0.4, 0.5) is 0 Å². The SMILES string of the molecule is CCOC(=O)c1cn2c(C3=CCCCC3)c(-c3ccccc3)nc2s1. The van der Waals surface area contributed by atoms with Crippen molar-refractivity contribution < 1.29 is 9.53 Å². The molecule has 0 saturated heterocycles. The third-order valence-corrected chi connectivity index (χ3v) is 5.41. The molecule has 3 aromatic rings. The van der Waals surface area contributed by atoms with Crippen molar-refractivity contribution in [2.75, 3.05) is 6.61 Å². The summed E-state index contributed by atoms with van der Waals surface area (Å²) in [5, 5.41) is 0. The minimum atomic E-state index is -0.275. The fourth-order valence-electron chi connectivity index (χ4n) is 3.30. The lowest BCUT2D eigenvalue weighted by Crippen LogP contribution is -2.02. The minimum Gasteiger partial charge on any atom is -0.462 e. The van der Waals surface area contributed by atoms with Gasteiger partial charge in [-0.05, 0) is 38.2 Å². The van der Waals surface area contributed by atoms with Crippen LogP contribution < -0.4 is 0 Å². The van der Waals surface area contributed by atoms with Crippen molar-refractivity contribution in [3.63, 3.8) is 0 Å². The molecule has 0 bridgehead atoms. The highest BCUT2D eigenvalue weighted by Gasteiger charge is 2.22. The zero-order chi connectivity index (χ0) is 17.2. The Bertz CT molecular complexity index is 937. The van der Waals surface area contributed by atoms with E-state index < -0.39 is 0 Å². The van der Waals surface area contributed by atoms with Crippen molar-refractivity contribution in [1.29, 1.82) is 0 Å². The molecule has 0 fully saturated rings. The summed E-state index contributed by atoms with van der Waals surface area (Å²) < 4.78 is 7.21. The molecule has 128 valence electrons. The predicted molar refractivity (Wildman–Crippen MR) is 101 cm³/mol. The fraction of sp³-hybridized carbons (Fsp3) is 0.300. The van der Waals surface area contributed by atoms with Crippen LogP contribution in [0.2, 0.25) is 0 Å². The van der Waals surface area contributed by atoms with Crippen LogP contribution in [0.1, 0.15) is 48.0 Å². The number of benzene rings is 1. The fourth-order valence-corrected chi connectivity index (χ4v) is 4.18. The largest absolute Gasteiger partial charge is 0.462 e. The normalized spacial score (nSPS) is 14.5. The molecule has 5 heteroatoms. The first-order valence-electron chi connectivity index (χ1n) is 8.71. The van der Waals surface area contributed by atoms with E-state index in [1.165, 1.54) is 29.8 Å². The number of rotatable bonds is 4. The topological polar surface area (TPSA) is 43.6 Å². The number of carbonyl (C=O) groups is 1. The van der Waals surface area contributed by atoms with Gasteiger partial charge in [-0.2, -0.15) is 0 Å². The molecule has 0 aliphatic heterocycles. The van der Waals surface area contributed by atoms with Gasteiger partial charge in [0, 0.05) is 11.8 Å². The molecular formula is C20H20N2O2S. The molecular weight excluding hydrogens is 332 g/mol. The van der Waals surface area contributed by atoms with Crippen LogP contribution in [0.3, 0.4) is 0 Å². The monoisotopic (exact) mass is 352 g/mol. The summed E-state index contributed by atoms with van der Waals surface area (Å²) >= 11 is 1.39. The van der Waals surface area contributed by atoms with Gasteiger partial charge in [-0.1, -0.05) is 47.7 Å². The van der Waals surface area contributed by atoms with Crippen LogP contribution in [0.15, 0.2) is 42.6 Å². The number of aromatic nitrogens is 2. The number of hydrogen-bond donors (Lipinski definition) is 0. The van der Waals surface area contributed by atoms with Crippen LogP contribution in [-0.4, -0.2) is 22.0 Å². The van der Waals surface area contributed by atoms with Gasteiger partial charge in [0.25, 0.3) is 0 Å². The molecule has 1 aromatic carbocycles. The molecule has 25 heavy (non-hydrogen) atoms. The lowest BCUT2D eigenvalue weighted by molar-refractivity contribution is 0.0531. The molecule has 1 aliphatic carbocycles. The highest BCUT2D eigenvalue weighted by atomic mass is 32.1. The Morgan fingerprint density at radius 3 is 2.84 bits per heavy atom. The molecule has 0 N–H and O–H groups in total. The molecule has 1 aliphatic rings. The van der Waals surface area contributed by atoms with E-state index in [0.29, 0.717) is 11.5 Å². The summed E-state index contributed by atoms with van der Waals surface area (Å²) in [7, 11) is 0. The number of imidazole rings is 1. The number of esters is 1. The smallest absolute Gasteiger partial charge is 0.349 e. The van der Waals surface area contributed by atoms with Crippen molar-refractivity contribution in [3.05, 3.63) is 53.2 Å². The quantitative estimate of drug-likeness (QED) is 0.606. The molecule has 0 unspecified atom stereocenters. The van der Waals surface area contributed by atoms with Gasteiger partial charge in [0.05, 0.1) is 18.0 Å². The second-order valence-electron chi connectivity index (χ2n) is 6.12. The van der Waals surface area contributed by atoms with Crippen molar-refractivity contribution in [1.82, 2.24) is 9.38 Å². The summed E-state index contributed by atoms with van der Waals surface area (Å²) in [6, 6.07) is 10.3. The number of carbonyl (C=O) groups excluding carboxylic acids is 1. The predicted octanol–water partition coefficient (Wildman–Crippen LogP) is 5.20. The van der Waals surface area contributed by atoms with Gasteiger partial charge in [-0.15, -0.1) is 0 Å². The average molecular weight is 352 g/mol. The van der Waals surface area contributed by atoms with Crippen LogP contribution in [0, 0.1) is 0 Å². The van der Waals surface area contributed by atoms with Gasteiger partial charge < -0.3 is 4.74 Å². The van der Waals surface area contributed by atoms with Crippen molar-refractivity contribution in [2.45, 2.75) is 32.6 Å². The molecule has 4 nitrogen and oxygen atoms in total. The van der Waals surface area contributed by atoms with Gasteiger partial charge in [0.2, 0.25) is 0 Å². The second-order valence-corrected chi connectivity index (χ2v) is 7.13. The van der Waals surface area contributed by atoms with Crippen LogP contribution >= 0.6 is 11.3 Å². The Morgan fingerprint density at radius 2 is 2.12 bits per heavy atom. The first-order valence-corrected chi connectivity index (χ1v) is 9.53. The second kappa shape index (κ2) is 6.84. The molecule has 0 radical (unpaired) electrons. The minimum absolute atomic E-state index is 0.275. The highest BCUT2D eigenvalue weighted by Crippen LogP contribution is 2.36. The zero-order valence-corrected chi connectivity index (χ0v) is 15.0. The number of thiazole rings is 1. The van der Waals surface area contributed by atoms with Gasteiger partial charge in [-0.3, -0.25) is 4.40 Å². The first kappa shape index (κ1) is 16.1. The molecule has 4 rings (SSSR count). The van der Waals surface area contributed by atoms with E-state index in [1.54, 1.807) is 0 Å². The standard InChI is InChI=1S/C20H20N2O2S/c1-2-24-19(23)16-13-22-18(15-11-7-4-8-12-15)17(21-20(22)25-16)14-9-5-3-6-10-14/h3,5-6,9-11,13H,2,4,7-8,12H2,1H3. The average Bonchev–Trinajstić information content (AvgIpc) is 3.21. The maximum Gasteiger partial charge on any atom is 0.349 e. The van der Waals surface area contributed by atoms with E-state index in [2.05, 4.69) is 22.6 Å². The molecule has 2 aromatic heterocycles. The first-order chi connectivity index (χ1) is 12.3. The van der Waals surface area contributed by atoms with Gasteiger partial charge in [0.1, 0.15) is 4.88 Å². The van der Waals surface area contributed by atoms with E-state index in [9.17, 15) is 4.79 Å². The molecule has 0 amide bonds. The summed E-state index contributed by atoms with van der Waals surface area (Å²) in [5.41, 5.74) is 4.55.